The number of carboxylic acid groups (broad SMARTS) is 1. The van der Waals surface area contributed by atoms with Crippen LogP contribution >= 0.6 is 35.0 Å². The van der Waals surface area contributed by atoms with Crippen molar-refractivity contribution in [1.82, 2.24) is 24.3 Å². The van der Waals surface area contributed by atoms with Crippen molar-refractivity contribution in [1.29, 1.82) is 0 Å². The predicted octanol–water partition coefficient (Wildman–Crippen LogP) is 8.46. The van der Waals surface area contributed by atoms with Crippen LogP contribution in [0, 0.1) is 5.82 Å². The highest BCUT2D eigenvalue weighted by Crippen LogP contribution is 2.42. The number of nitrogens with zero attached hydrogens (tertiary/aromatic N) is 7. The fourth-order valence-corrected chi connectivity index (χ4v) is 8.97. The van der Waals surface area contributed by atoms with Crippen molar-refractivity contribution in [3.63, 3.8) is 0 Å². The van der Waals surface area contributed by atoms with E-state index in [1.807, 2.05) is 67.4 Å². The number of anilines is 1. The Morgan fingerprint density at radius 2 is 1.77 bits per heavy atom. The molecule has 6 aromatic rings. The van der Waals surface area contributed by atoms with Gasteiger partial charge in [0.15, 0.2) is 23.5 Å². The minimum absolute atomic E-state index is 0.0434. The number of carbonyl (C=O) groups excluding carboxylic acids is 1. The van der Waals surface area contributed by atoms with E-state index in [0.717, 1.165) is 48.2 Å². The van der Waals surface area contributed by atoms with Crippen molar-refractivity contribution in [2.45, 2.75) is 50.6 Å². The Morgan fingerprint density at radius 1 is 1.02 bits per heavy atom. The first-order valence-electron chi connectivity index (χ1n) is 21.0. The molecule has 1 saturated heterocycles. The SMILES string of the molecule is CC1COc2c(N3CCN(C)CC3)c(F)cc3c(=O)c(C(=O)O)cn1c23.CCCSc1nnc(COc2ccccc2C2=NOC(c3ccc(Cl)cc3Cl)C2)n1NC(=O)c1ccccc1. The van der Waals surface area contributed by atoms with Crippen molar-refractivity contribution < 1.29 is 33.4 Å². The zero-order valence-electron chi connectivity index (χ0n) is 35.7. The van der Waals surface area contributed by atoms with Crippen LogP contribution in [0.2, 0.25) is 10.0 Å². The number of hydrogen-bond acceptors (Lipinski definition) is 12. The second kappa shape index (κ2) is 19.9. The van der Waals surface area contributed by atoms with Gasteiger partial charge in [0.1, 0.15) is 30.2 Å². The highest BCUT2D eigenvalue weighted by atomic mass is 35.5. The number of nitrogens with one attached hydrogen (secondary N) is 1. The second-order valence-electron chi connectivity index (χ2n) is 15.6. The number of aromatic carboxylic acids is 1. The molecule has 2 aromatic heterocycles. The number of aromatic nitrogens is 4. The zero-order chi connectivity index (χ0) is 45.8. The molecule has 3 aliphatic heterocycles. The fourth-order valence-electron chi connectivity index (χ4n) is 7.68. The van der Waals surface area contributed by atoms with E-state index >= 15 is 0 Å². The second-order valence-corrected chi connectivity index (χ2v) is 17.5. The molecule has 2 atom stereocenters. The molecule has 1 amide bonds. The first-order chi connectivity index (χ1) is 31.4. The molecule has 0 aliphatic carbocycles. The third-order valence-corrected chi connectivity index (χ3v) is 12.8. The number of benzene rings is 4. The van der Waals surface area contributed by atoms with Crippen molar-refractivity contribution in [2.75, 3.05) is 55.9 Å². The number of carbonyl (C=O) groups is 2. The van der Waals surface area contributed by atoms with E-state index in [4.69, 9.17) is 37.5 Å². The van der Waals surface area contributed by atoms with E-state index in [0.29, 0.717) is 68.8 Å². The topological polar surface area (TPSA) is 166 Å². The van der Waals surface area contributed by atoms with Gasteiger partial charge in [-0.15, -0.1) is 10.2 Å². The van der Waals surface area contributed by atoms with Crippen molar-refractivity contribution in [3.05, 3.63) is 139 Å². The average Bonchev–Trinajstić information content (AvgIpc) is 3.94. The summed E-state index contributed by atoms with van der Waals surface area (Å²) in [5.74, 6) is 0.0954. The number of likely N-dealkylation sites (N-methyl/N-ethyl adjacent to an activating group) is 1. The quantitative estimate of drug-likeness (QED) is 0.113. The van der Waals surface area contributed by atoms with Gasteiger partial charge in [0.05, 0.1) is 22.7 Å². The molecule has 338 valence electrons. The number of carboxylic acids is 1. The number of thioether (sulfide) groups is 1. The summed E-state index contributed by atoms with van der Waals surface area (Å²) in [4.78, 5) is 46.7. The van der Waals surface area contributed by atoms with E-state index in [1.165, 1.54) is 18.0 Å². The summed E-state index contributed by atoms with van der Waals surface area (Å²) in [6, 6.07) is 22.9. The van der Waals surface area contributed by atoms with E-state index in [1.54, 1.807) is 33.5 Å². The first kappa shape index (κ1) is 45.4. The number of rotatable bonds is 12. The lowest BCUT2D eigenvalue weighted by atomic mass is 9.99. The molecule has 2 N–H and O–H groups in total. The largest absolute Gasteiger partial charge is 0.487 e. The maximum Gasteiger partial charge on any atom is 0.341 e. The highest BCUT2D eigenvalue weighted by Gasteiger charge is 2.32. The summed E-state index contributed by atoms with van der Waals surface area (Å²) >= 11 is 13.9. The Morgan fingerprint density at radius 3 is 2.51 bits per heavy atom. The van der Waals surface area contributed by atoms with Crippen LogP contribution in [0.5, 0.6) is 11.5 Å². The maximum atomic E-state index is 15.0. The lowest BCUT2D eigenvalue weighted by molar-refractivity contribution is 0.0694. The standard InChI is InChI=1S/C28H25Cl2N5O3S.C18H20FN3O4/c1-2-14-39-28-32-31-26(35(28)33-27(36)18-8-4-3-5-9-18)17-37-24-11-7-6-10-21(24)23-16-25(38-34-23)20-13-12-19(29)15-22(20)30;1-10-9-26-17-14-11(16(23)12(18(24)25)8-22(10)14)7-13(19)15(17)21-5-3-20(2)4-6-21/h3-13,15,25H,2,14,16-17H2,1H3,(H,33,36);7-8,10H,3-6,9H2,1-2H3,(H,24,25). The summed E-state index contributed by atoms with van der Waals surface area (Å²) in [7, 11) is 2.02. The Kier molecular flexibility index (Phi) is 13.9. The van der Waals surface area contributed by atoms with E-state index in [-0.39, 0.29) is 42.2 Å². The first-order valence-corrected chi connectivity index (χ1v) is 22.7. The molecule has 0 spiro atoms. The van der Waals surface area contributed by atoms with Crippen LogP contribution in [0.25, 0.3) is 10.9 Å². The highest BCUT2D eigenvalue weighted by molar-refractivity contribution is 7.99. The van der Waals surface area contributed by atoms with Crippen LogP contribution in [0.15, 0.2) is 100 Å². The molecule has 0 saturated carbocycles. The van der Waals surface area contributed by atoms with E-state index in [2.05, 4.69) is 32.6 Å². The van der Waals surface area contributed by atoms with Gasteiger partial charge in [-0.3, -0.25) is 15.0 Å². The summed E-state index contributed by atoms with van der Waals surface area (Å²) < 4.78 is 30.3. The van der Waals surface area contributed by atoms with Crippen molar-refractivity contribution in [3.8, 4) is 11.5 Å². The Hall–Kier alpha value is -6.14. The van der Waals surface area contributed by atoms with Crippen molar-refractivity contribution >= 4 is 69.1 Å². The van der Waals surface area contributed by atoms with Gasteiger partial charge < -0.3 is 33.8 Å². The molecule has 0 radical (unpaired) electrons. The molecule has 15 nitrogen and oxygen atoms in total. The van der Waals surface area contributed by atoms with Gasteiger partial charge in [-0.1, -0.05) is 83.4 Å². The summed E-state index contributed by atoms with van der Waals surface area (Å²) in [6.45, 7) is 7.23. The van der Waals surface area contributed by atoms with E-state index < -0.39 is 17.2 Å². The molecule has 9 rings (SSSR count). The minimum atomic E-state index is -1.32. The lowest BCUT2D eigenvalue weighted by Crippen LogP contribution is -2.45. The smallest absolute Gasteiger partial charge is 0.341 e. The molecule has 5 heterocycles. The fraction of sp³-hybridized carbons (Fsp3) is 0.304. The molecule has 4 aromatic carbocycles. The number of para-hydroxylation sites is 1. The third kappa shape index (κ3) is 9.78. The number of amides is 1. The molecule has 3 aliphatic rings. The normalized spacial score (nSPS) is 16.8. The summed E-state index contributed by atoms with van der Waals surface area (Å²) in [6.07, 6.45) is 2.49. The Balaban J connectivity index is 0.000000192. The molecule has 1 fully saturated rings. The number of halogens is 3. The lowest BCUT2D eigenvalue weighted by Gasteiger charge is -2.37. The van der Waals surface area contributed by atoms with Gasteiger partial charge in [0, 0.05) is 71.3 Å². The van der Waals surface area contributed by atoms with Gasteiger partial charge in [-0.05, 0) is 62.9 Å². The monoisotopic (exact) mass is 942 g/mol. The number of hydrogen-bond donors (Lipinski definition) is 2. The van der Waals surface area contributed by atoms with Crippen LogP contribution in [-0.4, -0.2) is 92.6 Å². The molecule has 65 heavy (non-hydrogen) atoms. The summed E-state index contributed by atoms with van der Waals surface area (Å²) in [5, 5.41) is 23.9. The van der Waals surface area contributed by atoms with Gasteiger partial charge >= 0.3 is 5.97 Å². The van der Waals surface area contributed by atoms with Crippen LogP contribution in [0.3, 0.4) is 0 Å². The number of piperazine rings is 1. The van der Waals surface area contributed by atoms with Crippen LogP contribution in [0.1, 0.15) is 76.5 Å². The van der Waals surface area contributed by atoms with Crippen molar-refractivity contribution in [2.24, 2.45) is 5.16 Å². The molecular formula is C46H45Cl2FN8O7S. The van der Waals surface area contributed by atoms with Crippen LogP contribution < -0.4 is 25.2 Å². The summed E-state index contributed by atoms with van der Waals surface area (Å²) in [5.41, 5.74) is 5.57. The van der Waals surface area contributed by atoms with Gasteiger partial charge in [0.25, 0.3) is 5.91 Å². The Bertz CT molecular complexity index is 2840. The predicted molar refractivity (Wildman–Crippen MR) is 248 cm³/mol. The molecular weight excluding hydrogens is 899 g/mol. The zero-order valence-corrected chi connectivity index (χ0v) is 38.0. The van der Waals surface area contributed by atoms with Gasteiger partial charge in [-0.2, -0.15) is 0 Å². The van der Waals surface area contributed by atoms with Crippen LogP contribution in [0.4, 0.5) is 10.1 Å². The molecule has 0 bridgehead atoms. The Labute approximate surface area is 387 Å². The van der Waals surface area contributed by atoms with Gasteiger partial charge in [0.2, 0.25) is 10.6 Å². The number of oxime groups is 1. The number of pyridine rings is 1. The average molecular weight is 944 g/mol. The van der Waals surface area contributed by atoms with E-state index in [9.17, 15) is 23.9 Å². The maximum absolute atomic E-state index is 15.0. The van der Waals surface area contributed by atoms with Gasteiger partial charge in [-0.25, -0.2) is 13.9 Å². The van der Waals surface area contributed by atoms with Crippen LogP contribution in [-0.2, 0) is 11.4 Å². The minimum Gasteiger partial charge on any atom is -0.487 e. The number of ether oxygens (including phenoxy) is 2. The third-order valence-electron chi connectivity index (χ3n) is 11.1. The molecule has 19 heteroatoms. The molecule has 2 unspecified atom stereocenters.